The van der Waals surface area contributed by atoms with Crippen LogP contribution in [0.25, 0.3) is 0 Å². The van der Waals surface area contributed by atoms with Gasteiger partial charge in [-0.05, 0) is 0 Å². The Kier molecular flexibility index (Phi) is 7.08. The van der Waals surface area contributed by atoms with E-state index in [1.165, 1.54) is 0 Å². The van der Waals surface area contributed by atoms with Crippen molar-refractivity contribution in [3.8, 4) is 0 Å². The number of carbonyl (C=O) groups is 2. The van der Waals surface area contributed by atoms with Gasteiger partial charge in [-0.15, -0.1) is 0 Å². The predicted molar refractivity (Wildman–Crippen MR) is 34.4 cm³/mol. The third-order valence-electron chi connectivity index (χ3n) is 0.368. The number of aliphatic carboxylic acids is 2. The summed E-state index contributed by atoms with van der Waals surface area (Å²) in [7, 11) is 0. The molecule has 0 aromatic heterocycles. The Bertz CT molecular complexity index is 124. The molecule has 0 aromatic carbocycles. The van der Waals surface area contributed by atoms with E-state index in [4.69, 9.17) is 10.2 Å². The van der Waals surface area contributed by atoms with Gasteiger partial charge in [-0.2, -0.15) is 0 Å². The topological polar surface area (TPSA) is 74.6 Å². The maximum atomic E-state index is 9.55. The van der Waals surface area contributed by atoms with E-state index in [-0.39, 0.29) is 24.4 Å². The van der Waals surface area contributed by atoms with E-state index in [2.05, 4.69) is 0 Å². The first kappa shape index (κ1) is 11.3. The average molecular weight is 241 g/mol. The molecular weight excluding hydrogens is 234 g/mol. The number of carboxylic acids is 2. The third kappa shape index (κ3) is 11.2. The fourth-order valence-electron chi connectivity index (χ4n) is 0.143. The maximum absolute atomic E-state index is 9.55. The molecule has 52 valence electrons. The van der Waals surface area contributed by atoms with Gasteiger partial charge in [0, 0.05) is 12.2 Å². The summed E-state index contributed by atoms with van der Waals surface area (Å²) in [5.74, 6) is -2.51. The van der Waals surface area contributed by atoms with Crippen molar-refractivity contribution in [3.63, 3.8) is 0 Å². The molecule has 0 heterocycles. The normalized spacial score (nSPS) is 8.44. The van der Waals surface area contributed by atoms with Crippen LogP contribution in [0, 0.1) is 0 Å². The van der Waals surface area contributed by atoms with Crippen molar-refractivity contribution in [1.29, 1.82) is 0 Å². The fourth-order valence-corrected chi connectivity index (χ4v) is 0.143. The molecule has 0 radical (unpaired) electrons. The van der Waals surface area contributed by atoms with Crippen LogP contribution in [0.4, 0.5) is 0 Å². The molecule has 0 aromatic rings. The van der Waals surface area contributed by atoms with Gasteiger partial charge in [0.1, 0.15) is 0 Å². The minimum absolute atomic E-state index is 0. The Morgan fingerprint density at radius 2 is 1.22 bits per heavy atom. The van der Waals surface area contributed by atoms with Gasteiger partial charge in [-0.1, -0.05) is 0 Å². The fraction of sp³-hybridized carbons (Fsp3) is 0. The van der Waals surface area contributed by atoms with Crippen molar-refractivity contribution in [2.24, 2.45) is 0 Å². The Morgan fingerprint density at radius 1 is 1.00 bits per heavy atom. The van der Waals surface area contributed by atoms with Crippen molar-refractivity contribution in [1.82, 2.24) is 0 Å². The number of hydrogen-bond donors (Lipinski definition) is 2. The molecule has 0 aliphatic carbocycles. The van der Waals surface area contributed by atoms with Crippen LogP contribution in [-0.4, -0.2) is 46.6 Å². The van der Waals surface area contributed by atoms with E-state index in [1.54, 1.807) is 0 Å². The quantitative estimate of drug-likeness (QED) is 0.457. The van der Waals surface area contributed by atoms with Crippen LogP contribution in [0.5, 0.6) is 0 Å². The van der Waals surface area contributed by atoms with Gasteiger partial charge in [0.05, 0.1) is 0 Å². The summed E-state index contributed by atoms with van der Waals surface area (Å²) in [6, 6.07) is 0. The van der Waals surface area contributed by atoms with Gasteiger partial charge in [0.25, 0.3) is 0 Å². The van der Waals surface area contributed by atoms with Gasteiger partial charge in [0.2, 0.25) is 0 Å². The second-order valence-corrected chi connectivity index (χ2v) is 1.01. The van der Waals surface area contributed by atoms with Crippen LogP contribution >= 0.6 is 0 Å². The number of hydrogen-bond acceptors (Lipinski definition) is 2. The summed E-state index contributed by atoms with van der Waals surface area (Å²) in [6.45, 7) is 0. The summed E-state index contributed by atoms with van der Waals surface area (Å²) in [4.78, 5) is 19.1. The van der Waals surface area contributed by atoms with E-state index in [9.17, 15) is 9.59 Å². The molecule has 0 fully saturated rings. The number of rotatable bonds is 2. The van der Waals surface area contributed by atoms with Crippen molar-refractivity contribution < 1.29 is 19.8 Å². The van der Waals surface area contributed by atoms with Gasteiger partial charge in [-0.3, -0.25) is 0 Å². The molecular formula is C4H7O4Sb. The van der Waals surface area contributed by atoms with E-state index in [0.717, 1.165) is 0 Å². The summed E-state index contributed by atoms with van der Waals surface area (Å²) in [5, 5.41) is 15.6. The van der Waals surface area contributed by atoms with E-state index < -0.39 is 11.9 Å². The Balaban J connectivity index is 0. The first-order chi connectivity index (χ1) is 3.63. The monoisotopic (exact) mass is 240 g/mol. The van der Waals surface area contributed by atoms with Crippen molar-refractivity contribution in [2.45, 2.75) is 0 Å². The predicted octanol–water partition coefficient (Wildman–Crippen LogP) is -1.47. The Hall–Kier alpha value is -0.502. The zero-order chi connectivity index (χ0) is 6.57. The molecule has 0 bridgehead atoms. The molecule has 0 saturated heterocycles. The van der Waals surface area contributed by atoms with Gasteiger partial charge < -0.3 is 10.2 Å². The van der Waals surface area contributed by atoms with Crippen molar-refractivity contribution >= 4 is 36.4 Å². The molecule has 0 rings (SSSR count). The minimum atomic E-state index is -1.26. The summed E-state index contributed by atoms with van der Waals surface area (Å²) >= 11 is 0. The zero-order valence-corrected chi connectivity index (χ0v) is 8.61. The summed E-state index contributed by atoms with van der Waals surface area (Å²) in [5.41, 5.74) is 0. The standard InChI is InChI=1S/C4H4O4.Sb.3H/c5-3(6)1-2-4(7)8;;;;/h1-2H,(H,5,6)(H,7,8);;;;/b2-1+;;;;. The molecule has 2 N–H and O–H groups in total. The van der Waals surface area contributed by atoms with E-state index in [0.29, 0.717) is 12.2 Å². The average Bonchev–Trinajstić information content (AvgIpc) is 1.61. The number of carboxylic acid groups (broad SMARTS) is 2. The van der Waals surface area contributed by atoms with E-state index in [1.807, 2.05) is 0 Å². The van der Waals surface area contributed by atoms with Crippen LogP contribution in [0.15, 0.2) is 12.2 Å². The summed E-state index contributed by atoms with van der Waals surface area (Å²) in [6.07, 6.45) is 1.12. The van der Waals surface area contributed by atoms with Crippen LogP contribution in [0.2, 0.25) is 0 Å². The zero-order valence-electron chi connectivity index (χ0n) is 4.57. The van der Waals surface area contributed by atoms with Crippen LogP contribution in [0.1, 0.15) is 0 Å². The van der Waals surface area contributed by atoms with Crippen LogP contribution in [-0.2, 0) is 9.59 Å². The molecule has 0 spiro atoms. The first-order valence-electron chi connectivity index (χ1n) is 1.77. The van der Waals surface area contributed by atoms with E-state index >= 15 is 0 Å². The third-order valence-corrected chi connectivity index (χ3v) is 0.368. The summed E-state index contributed by atoms with van der Waals surface area (Å²) < 4.78 is 0. The van der Waals surface area contributed by atoms with Crippen LogP contribution < -0.4 is 0 Å². The second kappa shape index (κ2) is 5.63. The first-order valence-corrected chi connectivity index (χ1v) is 1.77. The SMILES string of the molecule is O=C(O)/C=C/C(=O)O.[SbH3]. The van der Waals surface area contributed by atoms with Crippen LogP contribution in [0.3, 0.4) is 0 Å². The molecule has 0 atom stereocenters. The molecule has 0 aliphatic heterocycles. The van der Waals surface area contributed by atoms with Crippen molar-refractivity contribution in [3.05, 3.63) is 12.2 Å². The molecule has 5 heteroatoms. The Labute approximate surface area is 68.6 Å². The van der Waals surface area contributed by atoms with Gasteiger partial charge >= 0.3 is 36.4 Å². The Morgan fingerprint density at radius 3 is 1.33 bits per heavy atom. The van der Waals surface area contributed by atoms with Gasteiger partial charge in [0.15, 0.2) is 0 Å². The van der Waals surface area contributed by atoms with Crippen molar-refractivity contribution in [2.75, 3.05) is 0 Å². The molecule has 4 nitrogen and oxygen atoms in total. The molecule has 0 amide bonds. The van der Waals surface area contributed by atoms with Gasteiger partial charge in [-0.25, -0.2) is 9.59 Å². The molecule has 0 saturated carbocycles. The molecule has 0 aliphatic rings. The molecule has 9 heavy (non-hydrogen) atoms. The molecule has 0 unspecified atom stereocenters. The second-order valence-electron chi connectivity index (χ2n) is 1.01.